The summed E-state index contributed by atoms with van der Waals surface area (Å²) < 4.78 is 36.8. The van der Waals surface area contributed by atoms with Gasteiger partial charge in [-0.05, 0) is 42.5 Å². The Morgan fingerprint density at radius 3 is 2.59 bits per heavy atom. The number of hydrogen-bond donors (Lipinski definition) is 1. The molecule has 9 nitrogen and oxygen atoms in total. The summed E-state index contributed by atoms with van der Waals surface area (Å²) in [5.74, 6) is -1.50. The van der Waals surface area contributed by atoms with Crippen molar-refractivity contribution in [3.05, 3.63) is 77.9 Å². The number of hydrogen-bond acceptors (Lipinski definition) is 6. The second-order valence-corrected chi connectivity index (χ2v) is 8.04. The summed E-state index contributed by atoms with van der Waals surface area (Å²) in [5, 5.41) is 17.9. The first-order valence-corrected chi connectivity index (χ1v) is 10.8. The Bertz CT molecular complexity index is 1240. The summed E-state index contributed by atoms with van der Waals surface area (Å²) in [6, 6.07) is 9.43. The number of anilines is 1. The molecule has 1 N–H and O–H groups in total. The van der Waals surface area contributed by atoms with Crippen molar-refractivity contribution in [1.29, 1.82) is 0 Å². The van der Waals surface area contributed by atoms with Gasteiger partial charge in [-0.2, -0.15) is 15.4 Å². The van der Waals surface area contributed by atoms with Gasteiger partial charge in [0.15, 0.2) is 0 Å². The van der Waals surface area contributed by atoms with E-state index in [4.69, 9.17) is 4.74 Å². The molecule has 0 radical (unpaired) electrons. The second kappa shape index (κ2) is 9.38. The standard InChI is InChI=1S/C23H21F2N7O2/c24-20-10-18(32-14-19(34-23(32)33)13-31-9-8-26-30-31)11-21(25)22(20)16-6-4-15(5-7-16)2-1-3-17-12-27-29-28-17/h4-12,19H,1-3,13-14H2,(H,27,28,29)/t19-/m0/s1. The number of ether oxygens (including phenoxy) is 1. The van der Waals surface area contributed by atoms with E-state index in [0.29, 0.717) is 12.1 Å². The van der Waals surface area contributed by atoms with E-state index in [2.05, 4.69) is 25.7 Å². The average molecular weight is 465 g/mol. The number of nitrogens with one attached hydrogen (secondary N) is 1. The maximum absolute atomic E-state index is 15.0. The molecule has 1 amide bonds. The number of nitrogens with zero attached hydrogens (tertiary/aromatic N) is 6. The van der Waals surface area contributed by atoms with Crippen LogP contribution in [0.4, 0.5) is 19.3 Å². The molecule has 1 aliphatic rings. The number of amides is 1. The molecule has 1 saturated heterocycles. The van der Waals surface area contributed by atoms with Crippen molar-refractivity contribution in [2.45, 2.75) is 31.9 Å². The Hall–Kier alpha value is -4.15. The molecule has 1 fully saturated rings. The van der Waals surface area contributed by atoms with Crippen LogP contribution in [-0.2, 0) is 24.1 Å². The van der Waals surface area contributed by atoms with Gasteiger partial charge in [0.05, 0.1) is 42.4 Å². The normalized spacial score (nSPS) is 15.6. The third-order valence-corrected chi connectivity index (χ3v) is 5.68. The molecule has 0 bridgehead atoms. The lowest BCUT2D eigenvalue weighted by molar-refractivity contribution is 0.129. The van der Waals surface area contributed by atoms with Crippen molar-refractivity contribution < 1.29 is 18.3 Å². The molecule has 11 heteroatoms. The highest BCUT2D eigenvalue weighted by Gasteiger charge is 2.33. The van der Waals surface area contributed by atoms with Crippen LogP contribution in [0.5, 0.6) is 0 Å². The van der Waals surface area contributed by atoms with Crippen molar-refractivity contribution >= 4 is 11.8 Å². The summed E-state index contributed by atoms with van der Waals surface area (Å²) in [4.78, 5) is 13.5. The molecule has 0 saturated carbocycles. The lowest BCUT2D eigenvalue weighted by atomic mass is 10.00. The van der Waals surface area contributed by atoms with Gasteiger partial charge >= 0.3 is 6.09 Å². The number of cyclic esters (lactones) is 1. The lowest BCUT2D eigenvalue weighted by Gasteiger charge is -2.15. The van der Waals surface area contributed by atoms with E-state index >= 15 is 0 Å². The van der Waals surface area contributed by atoms with E-state index in [9.17, 15) is 13.6 Å². The third kappa shape index (κ3) is 4.63. The first-order chi connectivity index (χ1) is 16.6. The Balaban J connectivity index is 1.27. The Morgan fingerprint density at radius 1 is 1.12 bits per heavy atom. The molecular formula is C23H21F2N7O2. The fourth-order valence-corrected chi connectivity index (χ4v) is 4.02. The van der Waals surface area contributed by atoms with Gasteiger partial charge in [0.1, 0.15) is 17.7 Å². The zero-order valence-electron chi connectivity index (χ0n) is 18.1. The van der Waals surface area contributed by atoms with Crippen molar-refractivity contribution in [3.63, 3.8) is 0 Å². The number of carbonyl (C=O) groups is 1. The number of aromatic nitrogens is 6. The highest BCUT2D eigenvalue weighted by atomic mass is 19.1. The quantitative estimate of drug-likeness (QED) is 0.427. The average Bonchev–Trinajstić information content (AvgIpc) is 3.58. The first-order valence-electron chi connectivity index (χ1n) is 10.8. The maximum Gasteiger partial charge on any atom is 0.414 e. The predicted octanol–water partition coefficient (Wildman–Crippen LogP) is 3.54. The summed E-state index contributed by atoms with van der Waals surface area (Å²) in [6.45, 7) is 0.455. The largest absolute Gasteiger partial charge is 0.442 e. The predicted molar refractivity (Wildman–Crippen MR) is 118 cm³/mol. The number of aromatic amines is 1. The summed E-state index contributed by atoms with van der Waals surface area (Å²) >= 11 is 0. The maximum atomic E-state index is 15.0. The molecule has 0 spiro atoms. The molecule has 0 unspecified atom stereocenters. The van der Waals surface area contributed by atoms with Crippen LogP contribution < -0.4 is 4.90 Å². The van der Waals surface area contributed by atoms with E-state index in [1.807, 2.05) is 12.1 Å². The van der Waals surface area contributed by atoms with Crippen molar-refractivity contribution in [2.75, 3.05) is 11.4 Å². The molecular weight excluding hydrogens is 444 g/mol. The minimum absolute atomic E-state index is 0.106. The second-order valence-electron chi connectivity index (χ2n) is 8.04. The molecule has 1 aliphatic heterocycles. The molecule has 34 heavy (non-hydrogen) atoms. The van der Waals surface area contributed by atoms with Crippen LogP contribution >= 0.6 is 0 Å². The molecule has 0 aliphatic carbocycles. The first kappa shape index (κ1) is 21.7. The summed E-state index contributed by atoms with van der Waals surface area (Å²) in [5.41, 5.74) is 2.35. The van der Waals surface area contributed by atoms with E-state index in [1.54, 1.807) is 24.5 Å². The van der Waals surface area contributed by atoms with Crippen LogP contribution in [0.1, 0.15) is 17.7 Å². The molecule has 174 valence electrons. The molecule has 2 aromatic heterocycles. The summed E-state index contributed by atoms with van der Waals surface area (Å²) in [7, 11) is 0. The van der Waals surface area contributed by atoms with Gasteiger partial charge in [-0.1, -0.05) is 29.5 Å². The van der Waals surface area contributed by atoms with Gasteiger partial charge in [-0.3, -0.25) is 4.90 Å². The minimum Gasteiger partial charge on any atom is -0.442 e. The number of benzene rings is 2. The number of carbonyl (C=O) groups excluding carboxylic acids is 1. The number of halogens is 2. The van der Waals surface area contributed by atoms with Crippen LogP contribution in [-0.4, -0.2) is 49.1 Å². The van der Waals surface area contributed by atoms with Crippen LogP contribution in [0.2, 0.25) is 0 Å². The highest BCUT2D eigenvalue weighted by molar-refractivity contribution is 5.90. The third-order valence-electron chi connectivity index (χ3n) is 5.68. The van der Waals surface area contributed by atoms with Gasteiger partial charge in [-0.25, -0.2) is 18.3 Å². The Morgan fingerprint density at radius 2 is 1.91 bits per heavy atom. The SMILES string of the molecule is O=C1O[C@@H](Cn2ccnn2)CN1c1cc(F)c(-c2ccc(CCCc3cn[nH]n3)cc2)c(F)c1. The van der Waals surface area contributed by atoms with Crippen LogP contribution in [0.25, 0.3) is 11.1 Å². The van der Waals surface area contributed by atoms with Crippen molar-refractivity contribution in [1.82, 2.24) is 30.4 Å². The zero-order valence-corrected chi connectivity index (χ0v) is 18.1. The fraction of sp³-hybridized carbons (Fsp3) is 0.261. The molecule has 3 heterocycles. The minimum atomic E-state index is -0.749. The van der Waals surface area contributed by atoms with E-state index < -0.39 is 23.8 Å². The van der Waals surface area contributed by atoms with Gasteiger partial charge in [0.25, 0.3) is 0 Å². The lowest BCUT2D eigenvalue weighted by Crippen LogP contribution is -2.26. The van der Waals surface area contributed by atoms with E-state index in [0.717, 1.165) is 42.7 Å². The van der Waals surface area contributed by atoms with Crippen molar-refractivity contribution in [2.24, 2.45) is 0 Å². The molecule has 4 aromatic rings. The Labute approximate surface area is 193 Å². The Kier molecular flexibility index (Phi) is 5.98. The fourth-order valence-electron chi connectivity index (χ4n) is 4.02. The number of aryl methyl sites for hydroxylation is 2. The van der Waals surface area contributed by atoms with Crippen molar-refractivity contribution in [3.8, 4) is 11.1 Å². The van der Waals surface area contributed by atoms with Gasteiger partial charge in [-0.15, -0.1) is 5.10 Å². The number of H-pyrrole nitrogens is 1. The van der Waals surface area contributed by atoms with Crippen LogP contribution in [0, 0.1) is 11.6 Å². The van der Waals surface area contributed by atoms with Crippen LogP contribution in [0.15, 0.2) is 55.0 Å². The van der Waals surface area contributed by atoms with Gasteiger partial charge in [0, 0.05) is 6.20 Å². The monoisotopic (exact) mass is 465 g/mol. The van der Waals surface area contributed by atoms with E-state index in [1.165, 1.54) is 15.8 Å². The zero-order chi connectivity index (χ0) is 23.5. The number of rotatable bonds is 8. The smallest absolute Gasteiger partial charge is 0.414 e. The highest BCUT2D eigenvalue weighted by Crippen LogP contribution is 2.32. The topological polar surface area (TPSA) is 102 Å². The van der Waals surface area contributed by atoms with Crippen LogP contribution in [0.3, 0.4) is 0 Å². The molecule has 1 atom stereocenters. The summed E-state index contributed by atoms with van der Waals surface area (Å²) in [6.07, 6.45) is 6.18. The van der Waals surface area contributed by atoms with Gasteiger partial charge < -0.3 is 4.74 Å². The van der Waals surface area contributed by atoms with Gasteiger partial charge in [0.2, 0.25) is 0 Å². The molecule has 2 aromatic carbocycles. The van der Waals surface area contributed by atoms with E-state index in [-0.39, 0.29) is 17.8 Å². The molecule has 5 rings (SSSR count).